The summed E-state index contributed by atoms with van der Waals surface area (Å²) in [4.78, 5) is 14.1. The minimum atomic E-state index is -4.50. The predicted octanol–water partition coefficient (Wildman–Crippen LogP) is 4.98. The highest BCUT2D eigenvalue weighted by atomic mass is 32.2. The lowest BCUT2D eigenvalue weighted by Crippen LogP contribution is -2.45. The zero-order chi connectivity index (χ0) is 21.9. The third-order valence-electron chi connectivity index (χ3n) is 4.58. The molecule has 0 aromatic heterocycles. The summed E-state index contributed by atoms with van der Waals surface area (Å²) in [6, 6.07) is 10.2. The maximum absolute atomic E-state index is 14.7. The fraction of sp³-hybridized carbons (Fsp3) is 0.381. The van der Waals surface area contributed by atoms with Gasteiger partial charge in [0.15, 0.2) is 0 Å². The highest BCUT2D eigenvalue weighted by Gasteiger charge is 2.31. The average Bonchev–Trinajstić information content (AvgIpc) is 2.64. The molecule has 2 aromatic carbocycles. The molecule has 1 fully saturated rings. The van der Waals surface area contributed by atoms with Crippen molar-refractivity contribution in [3.63, 3.8) is 0 Å². The van der Waals surface area contributed by atoms with Gasteiger partial charge in [-0.05, 0) is 55.4 Å². The molecule has 4 nitrogen and oxygen atoms in total. The van der Waals surface area contributed by atoms with Crippen LogP contribution in [0, 0.1) is 5.82 Å². The van der Waals surface area contributed by atoms with Crippen LogP contribution in [0.2, 0.25) is 0 Å². The van der Waals surface area contributed by atoms with Crippen molar-refractivity contribution in [3.8, 4) is 0 Å². The molecule has 1 heterocycles. The summed E-state index contributed by atoms with van der Waals surface area (Å²) in [6.45, 7) is 5.01. The normalized spacial score (nSPS) is 19.6. The second kappa shape index (κ2) is 9.26. The zero-order valence-corrected chi connectivity index (χ0v) is 17.3. The molecule has 0 bridgehead atoms. The molecule has 0 aliphatic carbocycles. The van der Waals surface area contributed by atoms with Crippen LogP contribution < -0.4 is 10.2 Å². The number of anilines is 1. The molecule has 1 N–H and O–H groups in total. The van der Waals surface area contributed by atoms with E-state index in [9.17, 15) is 22.4 Å². The predicted molar refractivity (Wildman–Crippen MR) is 108 cm³/mol. The Balaban J connectivity index is 1.67. The fourth-order valence-electron chi connectivity index (χ4n) is 3.44. The standard InChI is InChI=1S/C21H22F4N2O2S/c1-13-11-27(12-14(2)29-13)18-8-7-15(9-17(18)22)10-26-20(28)16-5-3-4-6-19(16)30-21(23,24)25/h3-9,13-14H,10-12H2,1-2H3,(H,26,28). The maximum Gasteiger partial charge on any atom is 0.446 e. The molecule has 0 spiro atoms. The lowest BCUT2D eigenvalue weighted by atomic mass is 10.1. The summed E-state index contributed by atoms with van der Waals surface area (Å²) in [5, 5.41) is 2.56. The van der Waals surface area contributed by atoms with Gasteiger partial charge in [0.25, 0.3) is 5.91 Å². The van der Waals surface area contributed by atoms with Crippen molar-refractivity contribution in [2.75, 3.05) is 18.0 Å². The van der Waals surface area contributed by atoms with E-state index >= 15 is 0 Å². The van der Waals surface area contributed by atoms with Gasteiger partial charge in [0.05, 0.1) is 23.5 Å². The van der Waals surface area contributed by atoms with Crippen molar-refractivity contribution in [1.82, 2.24) is 5.32 Å². The number of nitrogens with zero attached hydrogens (tertiary/aromatic N) is 1. The van der Waals surface area contributed by atoms with E-state index in [2.05, 4.69) is 5.32 Å². The van der Waals surface area contributed by atoms with Gasteiger partial charge < -0.3 is 15.0 Å². The summed E-state index contributed by atoms with van der Waals surface area (Å²) >= 11 is -0.339. The molecule has 0 saturated carbocycles. The topological polar surface area (TPSA) is 41.6 Å². The van der Waals surface area contributed by atoms with Crippen molar-refractivity contribution in [3.05, 3.63) is 59.4 Å². The number of carbonyl (C=O) groups is 1. The summed E-state index contributed by atoms with van der Waals surface area (Å²) in [5.74, 6) is -1.07. The number of rotatable bonds is 5. The smallest absolute Gasteiger partial charge is 0.372 e. The molecule has 1 aliphatic rings. The van der Waals surface area contributed by atoms with Crippen LogP contribution in [0.25, 0.3) is 0 Å². The first kappa shape index (κ1) is 22.4. The lowest BCUT2D eigenvalue weighted by Gasteiger charge is -2.37. The van der Waals surface area contributed by atoms with Gasteiger partial charge in [0, 0.05) is 24.5 Å². The molecule has 0 radical (unpaired) electrons. The Hall–Kier alpha value is -2.26. The Morgan fingerprint density at radius 1 is 1.17 bits per heavy atom. The molecule has 9 heteroatoms. The van der Waals surface area contributed by atoms with Crippen molar-refractivity contribution in [2.45, 2.75) is 43.0 Å². The Bertz CT molecular complexity index is 897. The van der Waals surface area contributed by atoms with Crippen LogP contribution in [0.15, 0.2) is 47.4 Å². The van der Waals surface area contributed by atoms with Gasteiger partial charge in [0.1, 0.15) is 5.82 Å². The second-order valence-electron chi connectivity index (χ2n) is 7.17. The first-order valence-corrected chi connectivity index (χ1v) is 10.3. The van der Waals surface area contributed by atoms with Crippen molar-refractivity contribution in [1.29, 1.82) is 0 Å². The van der Waals surface area contributed by atoms with E-state index in [1.807, 2.05) is 18.7 Å². The molecule has 2 unspecified atom stereocenters. The SMILES string of the molecule is CC1CN(c2ccc(CNC(=O)c3ccccc3SC(F)(F)F)cc2F)CC(C)O1. The van der Waals surface area contributed by atoms with E-state index in [0.29, 0.717) is 24.3 Å². The summed E-state index contributed by atoms with van der Waals surface area (Å²) < 4.78 is 58.4. The number of ether oxygens (including phenoxy) is 1. The number of carbonyl (C=O) groups excluding carboxylic acids is 1. The average molecular weight is 442 g/mol. The largest absolute Gasteiger partial charge is 0.446 e. The monoisotopic (exact) mass is 442 g/mol. The number of hydrogen-bond acceptors (Lipinski definition) is 4. The summed E-state index contributed by atoms with van der Waals surface area (Å²) in [5.41, 5.74) is -3.60. The van der Waals surface area contributed by atoms with Crippen molar-refractivity contribution < 1.29 is 27.1 Å². The minimum absolute atomic E-state index is 0.00301. The molecule has 3 rings (SSSR count). The van der Waals surface area contributed by atoms with Gasteiger partial charge in [-0.1, -0.05) is 18.2 Å². The molecular formula is C21H22F4N2O2S. The molecule has 30 heavy (non-hydrogen) atoms. The van der Waals surface area contributed by atoms with Crippen LogP contribution in [0.5, 0.6) is 0 Å². The highest BCUT2D eigenvalue weighted by Crippen LogP contribution is 2.38. The van der Waals surface area contributed by atoms with E-state index in [4.69, 9.17) is 4.74 Å². The van der Waals surface area contributed by atoms with Gasteiger partial charge in [-0.25, -0.2) is 4.39 Å². The van der Waals surface area contributed by atoms with E-state index < -0.39 is 17.2 Å². The lowest BCUT2D eigenvalue weighted by molar-refractivity contribution is -0.0328. The number of amides is 1. The van der Waals surface area contributed by atoms with Crippen LogP contribution in [-0.4, -0.2) is 36.7 Å². The summed E-state index contributed by atoms with van der Waals surface area (Å²) in [7, 11) is 0. The minimum Gasteiger partial charge on any atom is -0.372 e. The number of nitrogens with one attached hydrogen (secondary N) is 1. The van der Waals surface area contributed by atoms with Gasteiger partial charge in [0.2, 0.25) is 0 Å². The van der Waals surface area contributed by atoms with Crippen LogP contribution in [0.1, 0.15) is 29.8 Å². The van der Waals surface area contributed by atoms with Crippen LogP contribution in [0.4, 0.5) is 23.2 Å². The Kier molecular flexibility index (Phi) is 6.92. The number of thioether (sulfide) groups is 1. The van der Waals surface area contributed by atoms with Gasteiger partial charge in [-0.15, -0.1) is 0 Å². The maximum atomic E-state index is 14.7. The molecule has 162 valence electrons. The Morgan fingerprint density at radius 2 is 1.83 bits per heavy atom. The second-order valence-corrected chi connectivity index (χ2v) is 8.28. The third-order valence-corrected chi connectivity index (χ3v) is 5.39. The van der Waals surface area contributed by atoms with E-state index in [1.54, 1.807) is 12.1 Å². The quantitative estimate of drug-likeness (QED) is 0.524. The zero-order valence-electron chi connectivity index (χ0n) is 16.5. The van der Waals surface area contributed by atoms with Crippen LogP contribution in [0.3, 0.4) is 0 Å². The number of halogens is 4. The summed E-state index contributed by atoms with van der Waals surface area (Å²) in [6.07, 6.45) is -0.0245. The molecule has 2 aromatic rings. The van der Waals surface area contributed by atoms with Gasteiger partial charge in [-0.2, -0.15) is 13.2 Å². The van der Waals surface area contributed by atoms with Crippen LogP contribution in [-0.2, 0) is 11.3 Å². The molecule has 1 aliphatic heterocycles. The van der Waals surface area contributed by atoms with Gasteiger partial charge >= 0.3 is 5.51 Å². The third kappa shape index (κ3) is 5.89. The first-order valence-electron chi connectivity index (χ1n) is 9.44. The Morgan fingerprint density at radius 3 is 2.47 bits per heavy atom. The number of morpholine rings is 1. The fourth-order valence-corrected chi connectivity index (χ4v) is 4.10. The van der Waals surface area contributed by atoms with E-state index in [-0.39, 0.29) is 41.0 Å². The van der Waals surface area contributed by atoms with Gasteiger partial charge in [-0.3, -0.25) is 4.79 Å². The Labute approximate surface area is 176 Å². The number of benzene rings is 2. The number of alkyl halides is 3. The molecule has 1 amide bonds. The molecule has 2 atom stereocenters. The molecular weight excluding hydrogens is 420 g/mol. The van der Waals surface area contributed by atoms with Crippen LogP contribution >= 0.6 is 11.8 Å². The van der Waals surface area contributed by atoms with E-state index in [0.717, 1.165) is 0 Å². The van der Waals surface area contributed by atoms with Crippen molar-refractivity contribution in [2.24, 2.45) is 0 Å². The highest BCUT2D eigenvalue weighted by molar-refractivity contribution is 8.00. The van der Waals surface area contributed by atoms with E-state index in [1.165, 1.54) is 30.3 Å². The number of hydrogen-bond donors (Lipinski definition) is 1. The first-order chi connectivity index (χ1) is 14.1. The molecule has 1 saturated heterocycles. The van der Waals surface area contributed by atoms with Crippen molar-refractivity contribution >= 4 is 23.4 Å².